The maximum Gasteiger partial charge on any atom is -0.0236 e. The Bertz CT molecular complexity index is 101. The summed E-state index contributed by atoms with van der Waals surface area (Å²) in [6.07, 6.45) is 9.71. The minimum absolute atomic E-state index is 0.872. The second-order valence-corrected chi connectivity index (χ2v) is 5.00. The molecule has 0 aromatic carbocycles. The lowest BCUT2D eigenvalue weighted by Gasteiger charge is -2.22. The Labute approximate surface area is 87.1 Å². The van der Waals surface area contributed by atoms with Crippen LogP contribution in [-0.2, 0) is 0 Å². The van der Waals surface area contributed by atoms with Gasteiger partial charge in [0.1, 0.15) is 0 Å². The van der Waals surface area contributed by atoms with Crippen molar-refractivity contribution in [2.45, 2.75) is 71.4 Å². The molecule has 0 saturated heterocycles. The van der Waals surface area contributed by atoms with E-state index < -0.39 is 0 Å². The largest absolute Gasteiger partial charge is 0.134 e. The first-order valence-corrected chi connectivity index (χ1v) is 6.68. The van der Waals surface area contributed by atoms with Gasteiger partial charge >= 0.3 is 0 Å². The first-order chi connectivity index (χ1) is 6.26. The Hall–Kier alpha value is 0.430. The second kappa shape index (κ2) is 9.00. The average Bonchev–Trinajstić information content (AvgIpc) is 2.12. The van der Waals surface area contributed by atoms with Crippen molar-refractivity contribution in [2.24, 2.45) is 5.92 Å². The highest BCUT2D eigenvalue weighted by molar-refractivity contribution is 7.17. The Morgan fingerprint density at radius 3 is 1.92 bits per heavy atom. The maximum absolute atomic E-state index is 3.06. The number of rotatable bonds is 8. The van der Waals surface area contributed by atoms with E-state index in [0.717, 1.165) is 11.6 Å². The van der Waals surface area contributed by atoms with Gasteiger partial charge in [0.15, 0.2) is 0 Å². The predicted molar refractivity (Wildman–Crippen MR) is 66.3 cm³/mol. The number of hydrogen-bond acceptors (Lipinski definition) is 0. The van der Waals surface area contributed by atoms with Crippen LogP contribution in [0.5, 0.6) is 0 Å². The topological polar surface area (TPSA) is 0 Å². The predicted octanol–water partition coefficient (Wildman–Crippen LogP) is 4.64. The molecule has 0 rings (SSSR count). The van der Waals surface area contributed by atoms with Crippen LogP contribution in [0.1, 0.15) is 65.7 Å². The average molecular weight is 202 g/mol. The van der Waals surface area contributed by atoms with Gasteiger partial charge in [0, 0.05) is 0 Å². The normalized spacial score (nSPS) is 15.7. The molecule has 0 amide bonds. The first-order valence-electron chi connectivity index (χ1n) is 6.01. The zero-order chi connectivity index (χ0) is 10.1. The molecule has 13 heavy (non-hydrogen) atoms. The summed E-state index contributed by atoms with van der Waals surface area (Å²) in [6, 6.07) is 0. The van der Waals surface area contributed by atoms with Gasteiger partial charge in [-0.3, -0.25) is 0 Å². The van der Waals surface area contributed by atoms with Gasteiger partial charge in [0.25, 0.3) is 0 Å². The maximum atomic E-state index is 3.06. The van der Waals surface area contributed by atoms with E-state index in [1.54, 1.807) is 0 Å². The summed E-state index contributed by atoms with van der Waals surface area (Å²) in [5, 5.41) is 0. The third-order valence-electron chi connectivity index (χ3n) is 2.82. The lowest BCUT2D eigenvalue weighted by Crippen LogP contribution is -2.14. The summed E-state index contributed by atoms with van der Waals surface area (Å²) < 4.78 is 0. The van der Waals surface area contributed by atoms with Crippen LogP contribution in [0, 0.1) is 5.92 Å². The highest BCUT2D eigenvalue weighted by Gasteiger charge is 2.14. The Morgan fingerprint density at radius 2 is 1.46 bits per heavy atom. The zero-order valence-corrected chi connectivity index (χ0v) is 10.8. The monoisotopic (exact) mass is 202 g/mol. The smallest absolute Gasteiger partial charge is 0.0236 e. The quantitative estimate of drug-likeness (QED) is 0.503. The summed E-state index contributed by atoms with van der Waals surface area (Å²) in [5.74, 6) is 0.967. The van der Waals surface area contributed by atoms with Crippen molar-refractivity contribution < 1.29 is 0 Å². The highest BCUT2D eigenvalue weighted by Crippen LogP contribution is 2.27. The van der Waals surface area contributed by atoms with Crippen LogP contribution in [0.2, 0.25) is 0 Å². The summed E-state index contributed by atoms with van der Waals surface area (Å²) in [4.78, 5) is 0. The molecule has 0 saturated carbocycles. The first kappa shape index (κ1) is 13.4. The Kier molecular flexibility index (Phi) is 9.30. The molecule has 0 bridgehead atoms. The summed E-state index contributed by atoms with van der Waals surface area (Å²) in [5.41, 5.74) is 0.872. The molecule has 3 atom stereocenters. The fourth-order valence-electron chi connectivity index (χ4n) is 1.98. The van der Waals surface area contributed by atoms with E-state index in [0.29, 0.717) is 0 Å². The molecule has 0 aliphatic heterocycles. The molecule has 0 aliphatic carbocycles. The van der Waals surface area contributed by atoms with Gasteiger partial charge in [-0.05, 0) is 24.4 Å². The van der Waals surface area contributed by atoms with Crippen molar-refractivity contribution in [3.63, 3.8) is 0 Å². The van der Waals surface area contributed by atoms with Crippen molar-refractivity contribution in [3.05, 3.63) is 0 Å². The summed E-state index contributed by atoms with van der Waals surface area (Å²) in [6.45, 7) is 6.89. The lowest BCUT2D eigenvalue weighted by molar-refractivity contribution is 0.401. The Morgan fingerprint density at radius 1 is 0.846 bits per heavy atom. The molecule has 0 aliphatic rings. The molecule has 3 unspecified atom stereocenters. The second-order valence-electron chi connectivity index (χ2n) is 4.14. The molecular formula is C12H27P. The van der Waals surface area contributed by atoms with Crippen molar-refractivity contribution in [1.82, 2.24) is 0 Å². The van der Waals surface area contributed by atoms with E-state index in [1.165, 1.54) is 44.9 Å². The third kappa shape index (κ3) is 6.49. The molecule has 0 heterocycles. The van der Waals surface area contributed by atoms with E-state index >= 15 is 0 Å². The molecule has 0 N–H and O–H groups in total. The fraction of sp³-hybridized carbons (Fsp3) is 1.00. The third-order valence-corrected chi connectivity index (χ3v) is 3.69. The van der Waals surface area contributed by atoms with Crippen molar-refractivity contribution in [2.75, 3.05) is 0 Å². The molecule has 0 spiro atoms. The number of hydrogen-bond donors (Lipinski definition) is 0. The van der Waals surface area contributed by atoms with Gasteiger partial charge in [-0.2, -0.15) is 0 Å². The highest BCUT2D eigenvalue weighted by atomic mass is 31.0. The van der Waals surface area contributed by atoms with E-state index in [9.17, 15) is 0 Å². The minimum atomic E-state index is 0.872. The molecule has 0 aromatic rings. The lowest BCUT2D eigenvalue weighted by atomic mass is 9.91. The van der Waals surface area contributed by atoms with Gasteiger partial charge in [-0.25, -0.2) is 0 Å². The van der Waals surface area contributed by atoms with Crippen molar-refractivity contribution in [3.8, 4) is 0 Å². The molecular weight excluding hydrogens is 175 g/mol. The van der Waals surface area contributed by atoms with E-state index in [1.807, 2.05) is 0 Å². The van der Waals surface area contributed by atoms with Gasteiger partial charge in [-0.1, -0.05) is 52.9 Å². The van der Waals surface area contributed by atoms with Crippen LogP contribution in [0.3, 0.4) is 0 Å². The van der Waals surface area contributed by atoms with Crippen LogP contribution in [0.4, 0.5) is 0 Å². The van der Waals surface area contributed by atoms with E-state index in [-0.39, 0.29) is 0 Å². The van der Waals surface area contributed by atoms with Crippen LogP contribution < -0.4 is 0 Å². The fourth-order valence-corrected chi connectivity index (χ4v) is 2.70. The zero-order valence-electron chi connectivity index (χ0n) is 9.68. The van der Waals surface area contributed by atoms with E-state index in [4.69, 9.17) is 0 Å². The molecule has 0 aromatic heterocycles. The van der Waals surface area contributed by atoms with Gasteiger partial charge < -0.3 is 0 Å². The molecule has 1 heteroatoms. The van der Waals surface area contributed by atoms with Crippen LogP contribution in [0.25, 0.3) is 0 Å². The van der Waals surface area contributed by atoms with E-state index in [2.05, 4.69) is 30.0 Å². The van der Waals surface area contributed by atoms with Crippen LogP contribution in [-0.4, -0.2) is 5.66 Å². The van der Waals surface area contributed by atoms with Gasteiger partial charge in [0.2, 0.25) is 0 Å². The Balaban J connectivity index is 3.75. The molecule has 0 fully saturated rings. The van der Waals surface area contributed by atoms with Crippen LogP contribution >= 0.6 is 9.24 Å². The van der Waals surface area contributed by atoms with Gasteiger partial charge in [0.05, 0.1) is 0 Å². The van der Waals surface area contributed by atoms with Crippen LogP contribution in [0.15, 0.2) is 0 Å². The van der Waals surface area contributed by atoms with Crippen molar-refractivity contribution >= 4 is 9.24 Å². The summed E-state index contributed by atoms with van der Waals surface area (Å²) >= 11 is 0. The summed E-state index contributed by atoms with van der Waals surface area (Å²) in [7, 11) is 3.06. The minimum Gasteiger partial charge on any atom is -0.134 e. The van der Waals surface area contributed by atoms with Crippen molar-refractivity contribution in [1.29, 1.82) is 0 Å². The molecule has 80 valence electrons. The number of unbranched alkanes of at least 4 members (excludes halogenated alkanes) is 1. The molecule has 0 nitrogen and oxygen atoms in total. The molecule has 0 radical (unpaired) electrons. The van der Waals surface area contributed by atoms with Gasteiger partial charge in [-0.15, -0.1) is 9.24 Å². The SMILES string of the molecule is CCCCC(CCC)C(P)CCC. The standard InChI is InChI=1S/C12H27P/c1-4-7-10-11(8-5-2)12(13)9-6-3/h11-12H,4-10,13H2,1-3H3.